The van der Waals surface area contributed by atoms with Crippen LogP contribution in [-0.4, -0.2) is 28.0 Å². The molecule has 0 N–H and O–H groups in total. The summed E-state index contributed by atoms with van der Waals surface area (Å²) in [5, 5.41) is 0. The Morgan fingerprint density at radius 3 is 1.48 bits per heavy atom. The van der Waals surface area contributed by atoms with Gasteiger partial charge in [0.25, 0.3) is 0 Å². The third-order valence-corrected chi connectivity index (χ3v) is 14.1. The largest absolute Gasteiger partial charge is 0.360 e. The van der Waals surface area contributed by atoms with Crippen LogP contribution in [0, 0.1) is 29.1 Å². The van der Waals surface area contributed by atoms with Crippen molar-refractivity contribution in [3.8, 4) is 0 Å². The van der Waals surface area contributed by atoms with Gasteiger partial charge >= 0.3 is 0 Å². The fourth-order valence-corrected chi connectivity index (χ4v) is 13.3. The molecule has 170 valence electrons. The lowest BCUT2D eigenvalue weighted by atomic mass is 9.73. The van der Waals surface area contributed by atoms with Crippen molar-refractivity contribution >= 4 is 19.7 Å². The van der Waals surface area contributed by atoms with Gasteiger partial charge in [0.1, 0.15) is 11.2 Å². The van der Waals surface area contributed by atoms with Crippen LogP contribution >= 0.6 is 0 Å². The number of hydrogen-bond acceptors (Lipinski definition) is 5. The first-order valence-electron chi connectivity index (χ1n) is 11.9. The van der Waals surface area contributed by atoms with Crippen molar-refractivity contribution in [3.63, 3.8) is 0 Å². The normalized spacial score (nSPS) is 40.8. The monoisotopic (exact) mass is 480 g/mol. The zero-order valence-electron chi connectivity index (χ0n) is 18.0. The summed E-state index contributed by atoms with van der Waals surface area (Å²) in [6.07, 6.45) is 5.09. The molecule has 0 unspecified atom stereocenters. The molecule has 1 heterocycles. The van der Waals surface area contributed by atoms with Gasteiger partial charge in [0.15, 0.2) is 0 Å². The highest BCUT2D eigenvalue weighted by Crippen LogP contribution is 2.93. The minimum absolute atomic E-state index is 0.124. The third kappa shape index (κ3) is 1.85. The van der Waals surface area contributed by atoms with E-state index in [9.17, 15) is 16.8 Å². The topological polar surface area (TPSA) is 80.8 Å². The van der Waals surface area contributed by atoms with E-state index in [1.165, 1.54) is 12.8 Å². The summed E-state index contributed by atoms with van der Waals surface area (Å²) in [6, 6.07) is 16.6. The zero-order valence-corrected chi connectivity index (χ0v) is 19.6. The van der Waals surface area contributed by atoms with Crippen molar-refractivity contribution in [1.82, 2.24) is 0 Å². The molecular formula is C26H24O5S2. The van der Waals surface area contributed by atoms with Gasteiger partial charge in [-0.25, -0.2) is 16.8 Å². The molecule has 1 spiro atoms. The molecule has 0 radical (unpaired) electrons. The van der Waals surface area contributed by atoms with Crippen molar-refractivity contribution in [1.29, 1.82) is 0 Å². The maximum Gasteiger partial charge on any atom is 0.204 e. The maximum absolute atomic E-state index is 14.1. The Morgan fingerprint density at radius 2 is 1.09 bits per heavy atom. The number of hydrogen-bond donors (Lipinski definition) is 0. The molecule has 4 saturated carbocycles. The Bertz CT molecular complexity index is 1370. The number of ether oxygens (including phenoxy) is 1. The van der Waals surface area contributed by atoms with E-state index in [-0.39, 0.29) is 36.9 Å². The lowest BCUT2D eigenvalue weighted by molar-refractivity contribution is 0.0464. The van der Waals surface area contributed by atoms with Crippen LogP contribution in [0.1, 0.15) is 32.1 Å². The molecular weight excluding hydrogens is 456 g/mol. The van der Waals surface area contributed by atoms with Crippen LogP contribution in [0.4, 0.5) is 0 Å². The van der Waals surface area contributed by atoms with Gasteiger partial charge in [0.2, 0.25) is 19.7 Å². The summed E-state index contributed by atoms with van der Waals surface area (Å²) in [6.45, 7) is 0. The van der Waals surface area contributed by atoms with Gasteiger partial charge in [-0.05, 0) is 73.6 Å². The summed E-state index contributed by atoms with van der Waals surface area (Å²) in [4.78, 5) is 0.582. The molecule has 5 nitrogen and oxygen atoms in total. The van der Waals surface area contributed by atoms with Crippen molar-refractivity contribution < 1.29 is 21.6 Å². The van der Waals surface area contributed by atoms with Gasteiger partial charge in [-0.1, -0.05) is 36.4 Å². The van der Waals surface area contributed by atoms with E-state index in [1.54, 1.807) is 60.7 Å². The van der Waals surface area contributed by atoms with E-state index in [4.69, 9.17) is 4.74 Å². The van der Waals surface area contributed by atoms with Crippen molar-refractivity contribution in [2.75, 3.05) is 0 Å². The molecule has 8 rings (SSSR count). The second kappa shape index (κ2) is 5.47. The van der Waals surface area contributed by atoms with Gasteiger partial charge < -0.3 is 4.74 Å². The Labute approximate surface area is 193 Å². The molecule has 1 saturated heterocycles. The quantitative estimate of drug-likeness (QED) is 0.615. The van der Waals surface area contributed by atoms with Crippen LogP contribution in [0.5, 0.6) is 0 Å². The summed E-state index contributed by atoms with van der Waals surface area (Å²) < 4.78 is 62.9. The SMILES string of the molecule is O=S(=O)(C1=C(S(=O)(=O)c2ccccc2)[C@H]2C[C@H]1[C@]13O[C@@]21[C@H]1CC[C@H]3C12CC2)c1ccccc1. The lowest BCUT2D eigenvalue weighted by Crippen LogP contribution is -2.41. The van der Waals surface area contributed by atoms with Crippen molar-refractivity contribution in [2.45, 2.75) is 53.1 Å². The molecule has 1 aliphatic heterocycles. The first kappa shape index (κ1) is 19.4. The van der Waals surface area contributed by atoms with Crippen LogP contribution in [0.25, 0.3) is 0 Å². The van der Waals surface area contributed by atoms with Crippen LogP contribution in [-0.2, 0) is 24.4 Å². The van der Waals surface area contributed by atoms with Crippen molar-refractivity contribution in [2.24, 2.45) is 29.1 Å². The third-order valence-electron chi connectivity index (χ3n) is 9.97. The van der Waals surface area contributed by atoms with Gasteiger partial charge in [-0.3, -0.25) is 0 Å². The van der Waals surface area contributed by atoms with Crippen LogP contribution < -0.4 is 0 Å². The maximum atomic E-state index is 14.1. The second-order valence-corrected chi connectivity index (χ2v) is 14.6. The molecule has 5 aliphatic carbocycles. The minimum Gasteiger partial charge on any atom is -0.360 e. The summed E-state index contributed by atoms with van der Waals surface area (Å²) in [7, 11) is -7.95. The molecule has 33 heavy (non-hydrogen) atoms. The van der Waals surface area contributed by atoms with E-state index in [1.807, 2.05) is 0 Å². The predicted octanol–water partition coefficient (Wildman–Crippen LogP) is 4.12. The second-order valence-electron chi connectivity index (χ2n) is 10.8. The van der Waals surface area contributed by atoms with E-state index in [2.05, 4.69) is 0 Å². The molecule has 6 atom stereocenters. The highest BCUT2D eigenvalue weighted by atomic mass is 32.2. The average molecular weight is 481 g/mol. The van der Waals surface area contributed by atoms with E-state index < -0.39 is 30.9 Å². The first-order valence-corrected chi connectivity index (χ1v) is 14.8. The smallest absolute Gasteiger partial charge is 0.204 e. The first-order chi connectivity index (χ1) is 15.8. The van der Waals surface area contributed by atoms with Crippen LogP contribution in [0.2, 0.25) is 0 Å². The highest BCUT2D eigenvalue weighted by Gasteiger charge is 2.99. The Morgan fingerprint density at radius 1 is 0.667 bits per heavy atom. The molecule has 2 aromatic carbocycles. The lowest BCUT2D eigenvalue weighted by Gasteiger charge is -2.31. The van der Waals surface area contributed by atoms with E-state index >= 15 is 0 Å². The Balaban J connectivity index is 1.40. The average Bonchev–Trinajstić information content (AvgIpc) is 3.61. The number of fused-ring (bicyclic) bond motifs is 2. The summed E-state index contributed by atoms with van der Waals surface area (Å²) >= 11 is 0. The molecule has 0 aromatic heterocycles. The zero-order chi connectivity index (χ0) is 22.4. The fourth-order valence-electron chi connectivity index (χ4n) is 9.01. The van der Waals surface area contributed by atoms with Crippen LogP contribution in [0.15, 0.2) is 80.3 Å². The Kier molecular flexibility index (Phi) is 3.21. The van der Waals surface area contributed by atoms with Gasteiger partial charge in [0.05, 0.1) is 19.6 Å². The summed E-state index contributed by atoms with van der Waals surface area (Å²) in [5.41, 5.74) is -0.670. The van der Waals surface area contributed by atoms with Gasteiger partial charge in [-0.2, -0.15) is 0 Å². The van der Waals surface area contributed by atoms with Crippen molar-refractivity contribution in [3.05, 3.63) is 70.5 Å². The minimum atomic E-state index is -3.98. The van der Waals surface area contributed by atoms with E-state index in [0.29, 0.717) is 18.3 Å². The van der Waals surface area contributed by atoms with E-state index in [0.717, 1.165) is 12.8 Å². The molecule has 7 heteroatoms. The fraction of sp³-hybridized carbons (Fsp3) is 0.462. The number of benzene rings is 2. The van der Waals surface area contributed by atoms with Gasteiger partial charge in [-0.15, -0.1) is 0 Å². The van der Waals surface area contributed by atoms with Crippen LogP contribution in [0.3, 0.4) is 0 Å². The molecule has 4 bridgehead atoms. The molecule has 0 amide bonds. The molecule has 2 aromatic rings. The standard InChI is InChI=1S/C26H24O5S2/c27-32(28,16-7-3-1-4-8-16)22-18-15-19(23(22)33(29,30)17-9-5-2-6-10-17)26-21-12-11-20(24(21)13-14-24)25(18,26)31-26/h1-10,18-21H,11-15H2/t18-,19-,20+,21+,25-,26-/m1/s1. The molecule has 6 aliphatic rings. The number of rotatable bonds is 4. The van der Waals surface area contributed by atoms with Gasteiger partial charge in [0, 0.05) is 11.8 Å². The number of sulfone groups is 2. The summed E-state index contributed by atoms with van der Waals surface area (Å²) in [5.74, 6) is 0.00171. The Hall–Kier alpha value is -1.96. The highest BCUT2D eigenvalue weighted by molar-refractivity contribution is 7.99. The molecule has 5 fully saturated rings. The predicted molar refractivity (Wildman–Crippen MR) is 120 cm³/mol. The number of epoxide rings is 1.